The van der Waals surface area contributed by atoms with Crippen molar-refractivity contribution < 1.29 is 35.0 Å². The van der Waals surface area contributed by atoms with Crippen LogP contribution < -0.4 is 17.2 Å². The van der Waals surface area contributed by atoms with Crippen LogP contribution in [0, 0.1) is 0 Å². The molecule has 0 aromatic rings. The Morgan fingerprint density at radius 3 is 2.09 bits per heavy atom. The lowest BCUT2D eigenvalue weighted by molar-refractivity contribution is -0.318. The molecule has 11 N–H and O–H groups in total. The Bertz CT molecular complexity index is 375. The SMILES string of the molecule is NCC1O[C@@H](O[C@H]2C(N)CC(N)[C@@H](O)C2O)[C@@H](O)C(O)[C@H]1O. The molecule has 1 heterocycles. The minimum atomic E-state index is -1.55. The van der Waals surface area contributed by atoms with E-state index in [0.717, 1.165) is 0 Å². The van der Waals surface area contributed by atoms with E-state index in [2.05, 4.69) is 0 Å². The summed E-state index contributed by atoms with van der Waals surface area (Å²) in [5.41, 5.74) is 16.9. The van der Waals surface area contributed by atoms with Crippen LogP contribution in [0.5, 0.6) is 0 Å². The Balaban J connectivity index is 2.08. The van der Waals surface area contributed by atoms with Gasteiger partial charge in [0.05, 0.1) is 6.10 Å². The van der Waals surface area contributed by atoms with Gasteiger partial charge in [0, 0.05) is 18.6 Å². The molecule has 10 heteroatoms. The first-order chi connectivity index (χ1) is 10.3. The fraction of sp³-hybridized carbons (Fsp3) is 1.00. The number of aliphatic hydroxyl groups is 5. The van der Waals surface area contributed by atoms with Crippen molar-refractivity contribution in [2.75, 3.05) is 6.54 Å². The van der Waals surface area contributed by atoms with Gasteiger partial charge in [0.25, 0.3) is 0 Å². The maximum atomic E-state index is 10.0. The van der Waals surface area contributed by atoms with Gasteiger partial charge in [0.1, 0.15) is 36.6 Å². The van der Waals surface area contributed by atoms with Crippen LogP contribution in [-0.2, 0) is 9.47 Å². The molecular formula is C12H25N3O7. The molecule has 0 aromatic carbocycles. The van der Waals surface area contributed by atoms with Crippen molar-refractivity contribution in [2.45, 2.75) is 67.5 Å². The zero-order valence-corrected chi connectivity index (χ0v) is 12.0. The van der Waals surface area contributed by atoms with E-state index in [1.807, 2.05) is 0 Å². The Morgan fingerprint density at radius 2 is 1.50 bits per heavy atom. The van der Waals surface area contributed by atoms with E-state index in [4.69, 9.17) is 26.7 Å². The van der Waals surface area contributed by atoms with Gasteiger partial charge >= 0.3 is 0 Å². The second kappa shape index (κ2) is 7.01. The highest BCUT2D eigenvalue weighted by Gasteiger charge is 2.48. The third kappa shape index (κ3) is 3.26. The van der Waals surface area contributed by atoms with E-state index in [0.29, 0.717) is 0 Å². The molecule has 0 radical (unpaired) electrons. The summed E-state index contributed by atoms with van der Waals surface area (Å²) in [6.07, 6.45) is -10.1. The third-order valence-electron chi connectivity index (χ3n) is 4.28. The van der Waals surface area contributed by atoms with E-state index in [9.17, 15) is 25.5 Å². The summed E-state index contributed by atoms with van der Waals surface area (Å²) < 4.78 is 10.8. The molecule has 0 bridgehead atoms. The highest BCUT2D eigenvalue weighted by atomic mass is 16.7. The van der Waals surface area contributed by atoms with Crippen LogP contribution in [0.2, 0.25) is 0 Å². The molecule has 0 aromatic heterocycles. The summed E-state index contributed by atoms with van der Waals surface area (Å²) in [6, 6.07) is -1.38. The third-order valence-corrected chi connectivity index (χ3v) is 4.28. The molecular weight excluding hydrogens is 298 g/mol. The Morgan fingerprint density at radius 1 is 0.864 bits per heavy atom. The smallest absolute Gasteiger partial charge is 0.187 e. The highest BCUT2D eigenvalue weighted by Crippen LogP contribution is 2.27. The molecule has 10 nitrogen and oxygen atoms in total. The Kier molecular flexibility index (Phi) is 5.72. The fourth-order valence-corrected chi connectivity index (χ4v) is 2.85. The summed E-state index contributed by atoms with van der Waals surface area (Å²) in [6.45, 7) is -0.0996. The summed E-state index contributed by atoms with van der Waals surface area (Å²) in [5, 5.41) is 49.3. The van der Waals surface area contributed by atoms with Gasteiger partial charge in [-0.3, -0.25) is 0 Å². The maximum Gasteiger partial charge on any atom is 0.187 e. The largest absolute Gasteiger partial charge is 0.389 e. The predicted octanol–water partition coefficient (Wildman–Crippen LogP) is -5.08. The number of ether oxygens (including phenoxy) is 2. The molecule has 2 rings (SSSR count). The molecule has 5 unspecified atom stereocenters. The van der Waals surface area contributed by atoms with Gasteiger partial charge in [-0.2, -0.15) is 0 Å². The van der Waals surface area contributed by atoms with Gasteiger partial charge in [-0.25, -0.2) is 0 Å². The first-order valence-electron chi connectivity index (χ1n) is 7.20. The van der Waals surface area contributed by atoms with Crippen molar-refractivity contribution in [3.63, 3.8) is 0 Å². The lowest BCUT2D eigenvalue weighted by Crippen LogP contribution is -2.65. The van der Waals surface area contributed by atoms with Gasteiger partial charge in [0.2, 0.25) is 0 Å². The molecule has 130 valence electrons. The van der Waals surface area contributed by atoms with E-state index < -0.39 is 61.1 Å². The zero-order chi connectivity index (χ0) is 16.6. The number of rotatable bonds is 3. The summed E-state index contributed by atoms with van der Waals surface area (Å²) in [7, 11) is 0. The van der Waals surface area contributed by atoms with E-state index in [1.54, 1.807) is 0 Å². The van der Waals surface area contributed by atoms with Crippen molar-refractivity contribution in [2.24, 2.45) is 17.2 Å². The van der Waals surface area contributed by atoms with Crippen molar-refractivity contribution >= 4 is 0 Å². The quantitative estimate of drug-likeness (QED) is 0.248. The van der Waals surface area contributed by atoms with E-state index in [-0.39, 0.29) is 13.0 Å². The lowest BCUT2D eigenvalue weighted by Gasteiger charge is -2.45. The minimum absolute atomic E-state index is 0.0996. The van der Waals surface area contributed by atoms with Crippen LogP contribution in [0.15, 0.2) is 0 Å². The summed E-state index contributed by atoms with van der Waals surface area (Å²) in [4.78, 5) is 0. The molecule has 0 spiro atoms. The maximum absolute atomic E-state index is 10.0. The summed E-state index contributed by atoms with van der Waals surface area (Å²) in [5.74, 6) is 0. The number of hydrogen-bond donors (Lipinski definition) is 8. The summed E-state index contributed by atoms with van der Waals surface area (Å²) >= 11 is 0. The molecule has 2 aliphatic rings. The topological polar surface area (TPSA) is 198 Å². The Hall–Kier alpha value is -0.400. The second-order valence-corrected chi connectivity index (χ2v) is 5.90. The number of hydrogen-bond acceptors (Lipinski definition) is 10. The first kappa shape index (κ1) is 17.9. The Labute approximate surface area is 127 Å². The van der Waals surface area contributed by atoms with Crippen LogP contribution >= 0.6 is 0 Å². The van der Waals surface area contributed by atoms with Crippen LogP contribution in [0.4, 0.5) is 0 Å². The van der Waals surface area contributed by atoms with Crippen LogP contribution in [0.25, 0.3) is 0 Å². The highest BCUT2D eigenvalue weighted by molar-refractivity contribution is 4.99. The molecule has 1 aliphatic carbocycles. The van der Waals surface area contributed by atoms with Gasteiger partial charge in [0.15, 0.2) is 6.29 Å². The minimum Gasteiger partial charge on any atom is -0.389 e. The molecule has 1 saturated carbocycles. The standard InChI is InChI=1S/C12H25N3O7/c13-2-5-7(17)8(18)10(20)12(21-5)22-11-4(15)1-3(14)6(16)9(11)19/h3-12,16-20H,1-2,13-15H2/t3?,4?,5?,6-,7+,8?,9?,10+,11+,12+/m1/s1. The molecule has 10 atom stereocenters. The number of nitrogens with two attached hydrogens (primary N) is 3. The van der Waals surface area contributed by atoms with Crippen LogP contribution in [-0.4, -0.2) is 93.2 Å². The monoisotopic (exact) mass is 323 g/mol. The molecule has 1 saturated heterocycles. The zero-order valence-electron chi connectivity index (χ0n) is 12.0. The van der Waals surface area contributed by atoms with Crippen LogP contribution in [0.1, 0.15) is 6.42 Å². The normalized spacial score (nSPS) is 53.5. The fourth-order valence-electron chi connectivity index (χ4n) is 2.85. The molecule has 1 aliphatic heterocycles. The van der Waals surface area contributed by atoms with Crippen molar-refractivity contribution in [1.82, 2.24) is 0 Å². The number of aliphatic hydroxyl groups excluding tert-OH is 5. The van der Waals surface area contributed by atoms with Crippen LogP contribution in [0.3, 0.4) is 0 Å². The van der Waals surface area contributed by atoms with Crippen molar-refractivity contribution in [3.8, 4) is 0 Å². The molecule has 22 heavy (non-hydrogen) atoms. The predicted molar refractivity (Wildman–Crippen MR) is 73.2 cm³/mol. The van der Waals surface area contributed by atoms with E-state index >= 15 is 0 Å². The van der Waals surface area contributed by atoms with E-state index in [1.165, 1.54) is 0 Å². The second-order valence-electron chi connectivity index (χ2n) is 5.90. The van der Waals surface area contributed by atoms with Gasteiger partial charge in [-0.15, -0.1) is 0 Å². The molecule has 0 amide bonds. The van der Waals surface area contributed by atoms with Gasteiger partial charge in [-0.05, 0) is 6.42 Å². The van der Waals surface area contributed by atoms with Gasteiger partial charge in [-0.1, -0.05) is 0 Å². The van der Waals surface area contributed by atoms with Crippen molar-refractivity contribution in [1.29, 1.82) is 0 Å². The van der Waals surface area contributed by atoms with Gasteiger partial charge < -0.3 is 52.2 Å². The van der Waals surface area contributed by atoms with Crippen molar-refractivity contribution in [3.05, 3.63) is 0 Å². The average Bonchev–Trinajstić information content (AvgIpc) is 2.49. The first-order valence-corrected chi connectivity index (χ1v) is 7.20. The lowest BCUT2D eigenvalue weighted by atomic mass is 9.84. The molecule has 2 fully saturated rings. The average molecular weight is 323 g/mol.